The zero-order valence-electron chi connectivity index (χ0n) is 10.3. The Bertz CT molecular complexity index is 622. The zero-order chi connectivity index (χ0) is 14.7. The zero-order valence-corrected chi connectivity index (χ0v) is 14.1. The molecule has 0 aliphatic carbocycles. The van der Waals surface area contributed by atoms with Gasteiger partial charge in [0.05, 0.1) is 6.04 Å². The molecule has 0 fully saturated rings. The van der Waals surface area contributed by atoms with Gasteiger partial charge in [0.25, 0.3) is 0 Å². The van der Waals surface area contributed by atoms with Gasteiger partial charge in [-0.2, -0.15) is 0 Å². The molecule has 2 nitrogen and oxygen atoms in total. The lowest BCUT2D eigenvalue weighted by Gasteiger charge is -2.19. The van der Waals surface area contributed by atoms with E-state index in [1.54, 1.807) is 6.07 Å². The predicted molar refractivity (Wildman–Crippen MR) is 87.0 cm³/mol. The van der Waals surface area contributed by atoms with Crippen LogP contribution >= 0.6 is 38.5 Å². The van der Waals surface area contributed by atoms with Crippen molar-refractivity contribution in [1.82, 2.24) is 5.43 Å². The highest BCUT2D eigenvalue weighted by molar-refractivity contribution is 14.1. The number of nitrogens with one attached hydrogen (secondary N) is 1. The van der Waals surface area contributed by atoms with Crippen molar-refractivity contribution in [2.75, 3.05) is 0 Å². The Balaban J connectivity index is 2.34. The Morgan fingerprint density at radius 2 is 2.00 bits per heavy atom. The van der Waals surface area contributed by atoms with E-state index < -0.39 is 11.6 Å². The molecular weight excluding hydrogens is 441 g/mol. The van der Waals surface area contributed by atoms with Crippen LogP contribution in [0.25, 0.3) is 0 Å². The minimum Gasteiger partial charge on any atom is -0.271 e. The van der Waals surface area contributed by atoms with Gasteiger partial charge >= 0.3 is 0 Å². The molecule has 3 N–H and O–H groups in total. The Morgan fingerprint density at radius 1 is 1.25 bits per heavy atom. The van der Waals surface area contributed by atoms with E-state index >= 15 is 0 Å². The molecule has 1 atom stereocenters. The van der Waals surface area contributed by atoms with E-state index in [2.05, 4.69) is 43.9 Å². The van der Waals surface area contributed by atoms with Gasteiger partial charge in [-0.15, -0.1) is 0 Å². The van der Waals surface area contributed by atoms with Crippen LogP contribution in [0.3, 0.4) is 0 Å². The van der Waals surface area contributed by atoms with E-state index in [-0.39, 0.29) is 12.5 Å². The predicted octanol–water partition coefficient (Wildman–Crippen LogP) is 4.08. The Labute approximate surface area is 138 Å². The van der Waals surface area contributed by atoms with E-state index in [9.17, 15) is 8.78 Å². The molecule has 0 heterocycles. The molecule has 20 heavy (non-hydrogen) atoms. The lowest BCUT2D eigenvalue weighted by molar-refractivity contribution is 0.481. The van der Waals surface area contributed by atoms with Crippen molar-refractivity contribution >= 4 is 38.5 Å². The standard InChI is InChI=1S/C14H12BrF2IN2/c15-11-5-4-9(18)7-10(11)13(20-19)6-8-2-1-3-12(16)14(8)17/h1-5,7,13,20H,6,19H2. The summed E-state index contributed by atoms with van der Waals surface area (Å²) < 4.78 is 28.9. The fourth-order valence-corrected chi connectivity index (χ4v) is 3.00. The summed E-state index contributed by atoms with van der Waals surface area (Å²) in [6, 6.07) is 9.65. The summed E-state index contributed by atoms with van der Waals surface area (Å²) in [5.41, 5.74) is 3.86. The van der Waals surface area contributed by atoms with Gasteiger partial charge in [0.2, 0.25) is 0 Å². The summed E-state index contributed by atoms with van der Waals surface area (Å²) in [6.45, 7) is 0. The molecule has 0 aliphatic rings. The highest BCUT2D eigenvalue weighted by Crippen LogP contribution is 2.28. The lowest BCUT2D eigenvalue weighted by atomic mass is 9.99. The molecule has 0 saturated heterocycles. The van der Waals surface area contributed by atoms with Crippen LogP contribution in [-0.2, 0) is 6.42 Å². The van der Waals surface area contributed by atoms with Crippen molar-refractivity contribution in [2.45, 2.75) is 12.5 Å². The first-order valence-electron chi connectivity index (χ1n) is 5.87. The molecule has 0 amide bonds. The summed E-state index contributed by atoms with van der Waals surface area (Å²) in [4.78, 5) is 0. The lowest BCUT2D eigenvalue weighted by Crippen LogP contribution is -2.30. The largest absolute Gasteiger partial charge is 0.271 e. The van der Waals surface area contributed by atoms with Crippen LogP contribution in [0.1, 0.15) is 17.2 Å². The smallest absolute Gasteiger partial charge is 0.162 e. The second-order valence-electron chi connectivity index (χ2n) is 4.30. The van der Waals surface area contributed by atoms with E-state index in [0.717, 1.165) is 19.7 Å². The fraction of sp³-hybridized carbons (Fsp3) is 0.143. The van der Waals surface area contributed by atoms with Gasteiger partial charge in [-0.05, 0) is 64.4 Å². The summed E-state index contributed by atoms with van der Waals surface area (Å²) in [5, 5.41) is 0. The highest BCUT2D eigenvalue weighted by atomic mass is 127. The third kappa shape index (κ3) is 3.55. The third-order valence-corrected chi connectivity index (χ3v) is 4.38. The van der Waals surface area contributed by atoms with Crippen LogP contribution < -0.4 is 11.3 Å². The second-order valence-corrected chi connectivity index (χ2v) is 6.40. The number of rotatable bonds is 4. The first kappa shape index (κ1) is 15.8. The Kier molecular flexibility index (Phi) is 5.48. The normalized spacial score (nSPS) is 12.4. The molecule has 0 aromatic heterocycles. The van der Waals surface area contributed by atoms with Crippen LogP contribution in [-0.4, -0.2) is 0 Å². The maximum Gasteiger partial charge on any atom is 0.162 e. The van der Waals surface area contributed by atoms with E-state index in [1.807, 2.05) is 18.2 Å². The van der Waals surface area contributed by atoms with Crippen LogP contribution in [0, 0.1) is 15.2 Å². The maximum atomic E-state index is 13.7. The molecule has 2 aromatic rings. The van der Waals surface area contributed by atoms with Crippen LogP contribution in [0.4, 0.5) is 8.78 Å². The molecule has 0 aliphatic heterocycles. The second kappa shape index (κ2) is 6.93. The summed E-state index contributed by atoms with van der Waals surface area (Å²) in [6.07, 6.45) is 0.263. The average molecular weight is 453 g/mol. The molecule has 106 valence electrons. The van der Waals surface area contributed by atoms with Gasteiger partial charge < -0.3 is 0 Å². The molecule has 6 heteroatoms. The molecule has 0 saturated carbocycles. The van der Waals surface area contributed by atoms with Crippen molar-refractivity contribution in [2.24, 2.45) is 5.84 Å². The van der Waals surface area contributed by atoms with Crippen molar-refractivity contribution in [3.63, 3.8) is 0 Å². The van der Waals surface area contributed by atoms with Crippen molar-refractivity contribution in [1.29, 1.82) is 0 Å². The number of halogens is 4. The monoisotopic (exact) mass is 452 g/mol. The minimum atomic E-state index is -0.847. The topological polar surface area (TPSA) is 38.0 Å². The van der Waals surface area contributed by atoms with Gasteiger partial charge in [0, 0.05) is 8.04 Å². The fourth-order valence-electron chi connectivity index (χ4n) is 1.97. The molecule has 0 spiro atoms. The number of hydrazine groups is 1. The number of benzene rings is 2. The minimum absolute atomic E-state index is 0.263. The number of hydrogen-bond donors (Lipinski definition) is 2. The molecule has 0 bridgehead atoms. The molecule has 0 radical (unpaired) electrons. The van der Waals surface area contributed by atoms with Gasteiger partial charge in [-0.3, -0.25) is 11.3 Å². The summed E-state index contributed by atoms with van der Waals surface area (Å²) in [7, 11) is 0. The van der Waals surface area contributed by atoms with Crippen molar-refractivity contribution in [3.8, 4) is 0 Å². The molecule has 2 rings (SSSR count). The van der Waals surface area contributed by atoms with Crippen LogP contribution in [0.5, 0.6) is 0 Å². The van der Waals surface area contributed by atoms with Crippen LogP contribution in [0.15, 0.2) is 40.9 Å². The first-order chi connectivity index (χ1) is 9.52. The number of hydrogen-bond acceptors (Lipinski definition) is 2. The SMILES string of the molecule is NNC(Cc1cccc(F)c1F)c1cc(I)ccc1Br. The Morgan fingerprint density at radius 3 is 2.70 bits per heavy atom. The first-order valence-corrected chi connectivity index (χ1v) is 7.74. The van der Waals surface area contributed by atoms with Crippen LogP contribution in [0.2, 0.25) is 0 Å². The van der Waals surface area contributed by atoms with Gasteiger partial charge in [0.1, 0.15) is 0 Å². The molecule has 1 unspecified atom stereocenters. The van der Waals surface area contributed by atoms with Gasteiger partial charge in [-0.1, -0.05) is 28.1 Å². The average Bonchev–Trinajstić information content (AvgIpc) is 2.43. The summed E-state index contributed by atoms with van der Waals surface area (Å²) >= 11 is 5.64. The van der Waals surface area contributed by atoms with Gasteiger partial charge in [-0.25, -0.2) is 8.78 Å². The van der Waals surface area contributed by atoms with Crippen molar-refractivity contribution in [3.05, 3.63) is 67.2 Å². The van der Waals surface area contributed by atoms with E-state index in [0.29, 0.717) is 5.56 Å². The van der Waals surface area contributed by atoms with Crippen molar-refractivity contribution < 1.29 is 8.78 Å². The molecular formula is C14H12BrF2IN2. The van der Waals surface area contributed by atoms with E-state index in [1.165, 1.54) is 6.07 Å². The van der Waals surface area contributed by atoms with Gasteiger partial charge in [0.15, 0.2) is 11.6 Å². The van der Waals surface area contributed by atoms with E-state index in [4.69, 9.17) is 5.84 Å². The third-order valence-electron chi connectivity index (χ3n) is 2.99. The Hall–Kier alpha value is -0.570. The summed E-state index contributed by atoms with van der Waals surface area (Å²) in [5.74, 6) is 3.90. The quantitative estimate of drug-likeness (QED) is 0.416. The number of nitrogens with two attached hydrogens (primary N) is 1. The molecule has 2 aromatic carbocycles. The maximum absolute atomic E-state index is 13.7. The highest BCUT2D eigenvalue weighted by Gasteiger charge is 2.17.